The van der Waals surface area contributed by atoms with Crippen LogP contribution in [0, 0.1) is 11.7 Å². The van der Waals surface area contributed by atoms with Crippen LogP contribution in [0.25, 0.3) is 0 Å². The number of nitrogens with zero attached hydrogens (tertiary/aromatic N) is 3. The Hall–Kier alpha value is -3.13. The molecular weight excluding hydrogens is 483 g/mol. The number of piperazine rings is 1. The SMILES string of the molecule is CCOc1ccc(C(C(=O)N(CC)CC)N2CCN(c3ccc(NC(=O)C(CC)CC)cc3F)CC2)cc1. The van der Waals surface area contributed by atoms with Crippen LogP contribution in [-0.4, -0.2) is 67.5 Å². The monoisotopic (exact) mass is 526 g/mol. The average molecular weight is 527 g/mol. The Morgan fingerprint density at radius 1 is 0.947 bits per heavy atom. The van der Waals surface area contributed by atoms with Crippen molar-refractivity contribution in [3.8, 4) is 5.75 Å². The first-order valence-electron chi connectivity index (χ1n) is 14.0. The van der Waals surface area contributed by atoms with E-state index in [-0.39, 0.29) is 23.5 Å². The number of anilines is 2. The lowest BCUT2D eigenvalue weighted by atomic mass is 10.0. The van der Waals surface area contributed by atoms with Gasteiger partial charge in [-0.2, -0.15) is 0 Å². The van der Waals surface area contributed by atoms with E-state index >= 15 is 4.39 Å². The first-order chi connectivity index (χ1) is 18.4. The van der Waals surface area contributed by atoms with Gasteiger partial charge in [-0.3, -0.25) is 14.5 Å². The molecule has 3 rings (SSSR count). The number of benzene rings is 2. The van der Waals surface area contributed by atoms with Crippen LogP contribution in [0.4, 0.5) is 15.8 Å². The number of carbonyl (C=O) groups excluding carboxylic acids is 2. The molecule has 38 heavy (non-hydrogen) atoms. The third-order valence-corrected chi connectivity index (χ3v) is 7.41. The molecule has 1 unspecified atom stereocenters. The third kappa shape index (κ3) is 7.04. The maximum atomic E-state index is 15.1. The summed E-state index contributed by atoms with van der Waals surface area (Å²) < 4.78 is 20.7. The van der Waals surface area contributed by atoms with Crippen molar-refractivity contribution in [2.24, 2.45) is 5.92 Å². The number of ether oxygens (including phenoxy) is 1. The van der Waals surface area contributed by atoms with Crippen LogP contribution in [0.2, 0.25) is 0 Å². The van der Waals surface area contributed by atoms with Crippen molar-refractivity contribution in [2.45, 2.75) is 53.5 Å². The minimum Gasteiger partial charge on any atom is -0.494 e. The zero-order valence-electron chi connectivity index (χ0n) is 23.5. The quantitative estimate of drug-likeness (QED) is 0.405. The summed E-state index contributed by atoms with van der Waals surface area (Å²) >= 11 is 0. The molecule has 2 aromatic carbocycles. The highest BCUT2D eigenvalue weighted by Gasteiger charge is 2.33. The van der Waals surface area contributed by atoms with Crippen LogP contribution in [0.3, 0.4) is 0 Å². The van der Waals surface area contributed by atoms with E-state index in [2.05, 4.69) is 10.2 Å². The fourth-order valence-electron chi connectivity index (χ4n) is 5.10. The van der Waals surface area contributed by atoms with Gasteiger partial charge in [0.15, 0.2) is 0 Å². The molecule has 1 heterocycles. The lowest BCUT2D eigenvalue weighted by Crippen LogP contribution is -2.52. The van der Waals surface area contributed by atoms with Gasteiger partial charge in [-0.1, -0.05) is 26.0 Å². The van der Waals surface area contributed by atoms with Crippen LogP contribution < -0.4 is 15.0 Å². The van der Waals surface area contributed by atoms with Crippen molar-refractivity contribution in [3.05, 3.63) is 53.8 Å². The predicted molar refractivity (Wildman–Crippen MR) is 151 cm³/mol. The summed E-state index contributed by atoms with van der Waals surface area (Å²) in [4.78, 5) is 32.0. The molecule has 1 atom stereocenters. The van der Waals surface area contributed by atoms with Gasteiger partial charge in [0.2, 0.25) is 11.8 Å². The van der Waals surface area contributed by atoms with Gasteiger partial charge in [-0.15, -0.1) is 0 Å². The van der Waals surface area contributed by atoms with Gasteiger partial charge in [0.25, 0.3) is 0 Å². The van der Waals surface area contributed by atoms with Crippen LogP contribution in [-0.2, 0) is 9.59 Å². The summed E-state index contributed by atoms with van der Waals surface area (Å²) in [5.41, 5.74) is 1.92. The van der Waals surface area contributed by atoms with Gasteiger partial charge in [-0.25, -0.2) is 4.39 Å². The van der Waals surface area contributed by atoms with E-state index in [4.69, 9.17) is 4.74 Å². The Morgan fingerprint density at radius 3 is 2.11 bits per heavy atom. The molecule has 0 saturated carbocycles. The van der Waals surface area contributed by atoms with E-state index in [1.54, 1.807) is 12.1 Å². The number of nitrogens with one attached hydrogen (secondary N) is 1. The number of amides is 2. The molecular formula is C30H43FN4O3. The number of hydrogen-bond donors (Lipinski definition) is 1. The van der Waals surface area contributed by atoms with Crippen LogP contribution >= 0.6 is 0 Å². The Kier molecular flexibility index (Phi) is 11.0. The summed E-state index contributed by atoms with van der Waals surface area (Å²) in [7, 11) is 0. The molecule has 2 aromatic rings. The van der Waals surface area contributed by atoms with Crippen molar-refractivity contribution in [1.82, 2.24) is 9.80 Å². The van der Waals surface area contributed by atoms with Gasteiger partial charge in [0.1, 0.15) is 17.6 Å². The van der Waals surface area contributed by atoms with Gasteiger partial charge in [0.05, 0.1) is 12.3 Å². The second-order valence-electron chi connectivity index (χ2n) is 9.61. The van der Waals surface area contributed by atoms with E-state index in [0.717, 1.165) is 24.2 Å². The van der Waals surface area contributed by atoms with Crippen molar-refractivity contribution in [2.75, 3.05) is 56.1 Å². The summed E-state index contributed by atoms with van der Waals surface area (Å²) in [5.74, 6) is 0.353. The lowest BCUT2D eigenvalue weighted by Gasteiger charge is -2.41. The van der Waals surface area contributed by atoms with Crippen molar-refractivity contribution < 1.29 is 18.7 Å². The number of rotatable bonds is 12. The summed E-state index contributed by atoms with van der Waals surface area (Å²) in [6.45, 7) is 14.2. The second kappa shape index (κ2) is 14.1. The summed E-state index contributed by atoms with van der Waals surface area (Å²) in [5, 5.41) is 2.84. The largest absolute Gasteiger partial charge is 0.494 e. The molecule has 2 amide bonds. The molecule has 0 radical (unpaired) electrons. The third-order valence-electron chi connectivity index (χ3n) is 7.41. The minimum absolute atomic E-state index is 0.0750. The van der Waals surface area contributed by atoms with Crippen molar-refractivity contribution in [3.63, 3.8) is 0 Å². The highest BCUT2D eigenvalue weighted by atomic mass is 19.1. The molecule has 1 aliphatic rings. The van der Waals surface area contributed by atoms with E-state index in [9.17, 15) is 9.59 Å². The van der Waals surface area contributed by atoms with E-state index in [1.165, 1.54) is 6.07 Å². The number of halogens is 1. The smallest absolute Gasteiger partial charge is 0.244 e. The van der Waals surface area contributed by atoms with E-state index < -0.39 is 6.04 Å². The van der Waals surface area contributed by atoms with Gasteiger partial charge in [0, 0.05) is 50.9 Å². The first-order valence-corrected chi connectivity index (χ1v) is 14.0. The Labute approximate surface area is 226 Å². The molecule has 7 nitrogen and oxygen atoms in total. The lowest BCUT2D eigenvalue weighted by molar-refractivity contribution is -0.137. The van der Waals surface area contributed by atoms with Crippen molar-refractivity contribution in [1.29, 1.82) is 0 Å². The zero-order chi connectivity index (χ0) is 27.7. The number of hydrogen-bond acceptors (Lipinski definition) is 5. The average Bonchev–Trinajstić information content (AvgIpc) is 2.92. The maximum absolute atomic E-state index is 15.1. The van der Waals surface area contributed by atoms with E-state index in [1.807, 2.05) is 68.7 Å². The first kappa shape index (κ1) is 29.4. The highest BCUT2D eigenvalue weighted by molar-refractivity contribution is 5.92. The normalized spacial score (nSPS) is 14.9. The molecule has 0 aliphatic carbocycles. The number of carbonyl (C=O) groups is 2. The highest BCUT2D eigenvalue weighted by Crippen LogP contribution is 2.30. The molecule has 8 heteroatoms. The Bertz CT molecular complexity index is 1050. The molecule has 0 spiro atoms. The van der Waals surface area contributed by atoms with Gasteiger partial charge < -0.3 is 19.9 Å². The van der Waals surface area contributed by atoms with Crippen molar-refractivity contribution >= 4 is 23.2 Å². The molecule has 0 aromatic heterocycles. The molecule has 1 fully saturated rings. The fourth-order valence-corrected chi connectivity index (χ4v) is 5.10. The number of likely N-dealkylation sites (N-methyl/N-ethyl adjacent to an activating group) is 1. The second-order valence-corrected chi connectivity index (χ2v) is 9.61. The zero-order valence-corrected chi connectivity index (χ0v) is 23.5. The van der Waals surface area contributed by atoms with Gasteiger partial charge in [-0.05, 0) is 69.5 Å². The standard InChI is InChI=1S/C30H43FN4O3/c1-6-22(7-2)29(36)32-24-13-16-27(26(31)21-24)34-17-19-35(20-18-34)28(30(37)33(8-3)9-4)23-11-14-25(15-12-23)38-10-5/h11-16,21-22,28H,6-10,17-20H2,1-5H3,(H,32,36). The predicted octanol–water partition coefficient (Wildman–Crippen LogP) is 5.33. The molecule has 0 bridgehead atoms. The summed E-state index contributed by atoms with van der Waals surface area (Å²) in [6.07, 6.45) is 1.50. The maximum Gasteiger partial charge on any atom is 0.244 e. The van der Waals surface area contributed by atoms with Crippen LogP contribution in [0.15, 0.2) is 42.5 Å². The minimum atomic E-state index is -0.403. The topological polar surface area (TPSA) is 65.1 Å². The van der Waals surface area contributed by atoms with Gasteiger partial charge >= 0.3 is 0 Å². The summed E-state index contributed by atoms with van der Waals surface area (Å²) in [6, 6.07) is 12.3. The molecule has 1 aliphatic heterocycles. The molecule has 1 saturated heterocycles. The fraction of sp³-hybridized carbons (Fsp3) is 0.533. The Balaban J connectivity index is 1.73. The van der Waals surface area contributed by atoms with E-state index in [0.29, 0.717) is 57.3 Å². The van der Waals surface area contributed by atoms with Crippen LogP contribution in [0.5, 0.6) is 5.75 Å². The van der Waals surface area contributed by atoms with Crippen LogP contribution in [0.1, 0.15) is 59.1 Å². The molecule has 208 valence electrons. The molecule has 1 N–H and O–H groups in total. The Morgan fingerprint density at radius 2 is 1.58 bits per heavy atom.